The zero-order chi connectivity index (χ0) is 13.6. The van der Waals surface area contributed by atoms with E-state index in [2.05, 4.69) is 9.78 Å². The van der Waals surface area contributed by atoms with Crippen molar-refractivity contribution < 1.29 is 49.4 Å². The van der Waals surface area contributed by atoms with Crippen molar-refractivity contribution in [2.45, 2.75) is 18.4 Å². The fourth-order valence-corrected chi connectivity index (χ4v) is 0.858. The van der Waals surface area contributed by atoms with E-state index in [1.54, 1.807) is 0 Å². The van der Waals surface area contributed by atoms with Gasteiger partial charge in [0.25, 0.3) is 0 Å². The van der Waals surface area contributed by atoms with E-state index in [0.29, 0.717) is 0 Å². The highest BCUT2D eigenvalue weighted by molar-refractivity contribution is 5.89. The summed E-state index contributed by atoms with van der Waals surface area (Å²) in [6.45, 7) is 0. The third kappa shape index (κ3) is 5.32. The Hall–Kier alpha value is -2.36. The minimum atomic E-state index is -2.91. The molecule has 4 N–H and O–H groups in total. The molecule has 0 amide bonds. The molecule has 0 aromatic heterocycles. The summed E-state index contributed by atoms with van der Waals surface area (Å²) >= 11 is 0. The third-order valence-electron chi connectivity index (χ3n) is 1.46. The maximum absolute atomic E-state index is 11.1. The Morgan fingerprint density at radius 3 is 1.59 bits per heavy atom. The molecule has 10 heteroatoms. The zero-order valence-corrected chi connectivity index (χ0v) is 8.15. The van der Waals surface area contributed by atoms with Gasteiger partial charge in [-0.3, -0.25) is 9.59 Å². The van der Waals surface area contributed by atoms with Gasteiger partial charge >= 0.3 is 24.1 Å². The van der Waals surface area contributed by atoms with Crippen molar-refractivity contribution in [2.75, 3.05) is 0 Å². The molecule has 0 saturated heterocycles. The monoisotopic (exact) mass is 252 g/mol. The summed E-state index contributed by atoms with van der Waals surface area (Å²) in [5.74, 6) is -5.19. The normalized spacial score (nSPS) is 10.4. The number of hydrogen-bond acceptors (Lipinski definition) is 7. The molecule has 0 aliphatic rings. The molecule has 17 heavy (non-hydrogen) atoms. The number of rotatable bonds is 5. The van der Waals surface area contributed by atoms with Gasteiger partial charge < -0.3 is 20.4 Å². The molecule has 0 aromatic rings. The molecule has 0 unspecified atom stereocenters. The van der Waals surface area contributed by atoms with E-state index < -0.39 is 42.5 Å². The standard InChI is InChI=1S/C7H8O10/c8-3(9)1-7(15,2-4(10)11)5(12)16-17-6(13)14/h15H,1-2H2,(H,8,9)(H,10,11)(H,13,14). The number of aliphatic hydroxyl groups is 1. The molecule has 10 nitrogen and oxygen atoms in total. The largest absolute Gasteiger partial charge is 0.547 e. The van der Waals surface area contributed by atoms with Gasteiger partial charge in [-0.05, 0) is 0 Å². The van der Waals surface area contributed by atoms with Crippen molar-refractivity contribution in [1.29, 1.82) is 0 Å². The quantitative estimate of drug-likeness (QED) is 0.345. The second-order valence-corrected chi connectivity index (χ2v) is 2.89. The maximum Gasteiger partial charge on any atom is 0.547 e. The molecule has 96 valence electrons. The van der Waals surface area contributed by atoms with Crippen LogP contribution in [0.15, 0.2) is 0 Å². The van der Waals surface area contributed by atoms with Gasteiger partial charge in [-0.15, -0.1) is 0 Å². The first kappa shape index (κ1) is 14.6. The molecule has 0 aliphatic heterocycles. The van der Waals surface area contributed by atoms with Crippen LogP contribution in [0.1, 0.15) is 12.8 Å². The first-order valence-electron chi connectivity index (χ1n) is 3.95. The van der Waals surface area contributed by atoms with Crippen molar-refractivity contribution in [1.82, 2.24) is 0 Å². The zero-order valence-electron chi connectivity index (χ0n) is 8.15. The van der Waals surface area contributed by atoms with Gasteiger partial charge in [0.15, 0.2) is 5.60 Å². The summed E-state index contributed by atoms with van der Waals surface area (Å²) < 4.78 is 0. The molecule has 0 aromatic carbocycles. The van der Waals surface area contributed by atoms with Crippen LogP contribution in [-0.2, 0) is 24.2 Å². The Balaban J connectivity index is 4.77. The minimum absolute atomic E-state index is 1.28. The Kier molecular flexibility index (Phi) is 4.87. The summed E-state index contributed by atoms with van der Waals surface area (Å²) in [4.78, 5) is 48.4. The summed E-state index contributed by atoms with van der Waals surface area (Å²) in [6, 6.07) is 0. The van der Waals surface area contributed by atoms with Crippen LogP contribution >= 0.6 is 0 Å². The SMILES string of the molecule is O=C(O)CC(O)(CC(=O)O)C(=O)OOC(=O)O. The number of hydrogen-bond donors (Lipinski definition) is 4. The van der Waals surface area contributed by atoms with Crippen LogP contribution in [0.2, 0.25) is 0 Å². The lowest BCUT2D eigenvalue weighted by Gasteiger charge is -2.20. The lowest BCUT2D eigenvalue weighted by atomic mass is 9.96. The summed E-state index contributed by atoms with van der Waals surface area (Å²) in [5.41, 5.74) is -2.91. The van der Waals surface area contributed by atoms with Crippen molar-refractivity contribution in [3.05, 3.63) is 0 Å². The van der Waals surface area contributed by atoms with E-state index in [1.807, 2.05) is 0 Å². The number of carbonyl (C=O) groups excluding carboxylic acids is 1. The molecule has 0 atom stereocenters. The number of carbonyl (C=O) groups is 4. The lowest BCUT2D eigenvalue weighted by Crippen LogP contribution is -2.44. The van der Waals surface area contributed by atoms with Gasteiger partial charge in [0.1, 0.15) is 0 Å². The molecule has 0 bridgehead atoms. The molecule has 0 radical (unpaired) electrons. The summed E-state index contributed by atoms with van der Waals surface area (Å²) in [7, 11) is 0. The second-order valence-electron chi connectivity index (χ2n) is 2.89. The Bertz CT molecular complexity index is 329. The van der Waals surface area contributed by atoms with Crippen LogP contribution in [0.4, 0.5) is 4.79 Å². The van der Waals surface area contributed by atoms with E-state index >= 15 is 0 Å². The van der Waals surface area contributed by atoms with Gasteiger partial charge in [-0.2, -0.15) is 0 Å². The van der Waals surface area contributed by atoms with Crippen molar-refractivity contribution in [2.24, 2.45) is 0 Å². The summed E-state index contributed by atoms with van der Waals surface area (Å²) in [5, 5.41) is 34.1. The van der Waals surface area contributed by atoms with E-state index in [4.69, 9.17) is 15.3 Å². The third-order valence-corrected chi connectivity index (χ3v) is 1.46. The van der Waals surface area contributed by atoms with E-state index in [0.717, 1.165) is 0 Å². The van der Waals surface area contributed by atoms with Crippen molar-refractivity contribution in [3.8, 4) is 0 Å². The van der Waals surface area contributed by atoms with Gasteiger partial charge in [0.2, 0.25) is 0 Å². The average molecular weight is 252 g/mol. The van der Waals surface area contributed by atoms with Crippen LogP contribution in [0.5, 0.6) is 0 Å². The topological polar surface area (TPSA) is 168 Å². The van der Waals surface area contributed by atoms with E-state index in [9.17, 15) is 24.3 Å². The van der Waals surface area contributed by atoms with Gasteiger partial charge in [-0.1, -0.05) is 0 Å². The fraction of sp³-hybridized carbons (Fsp3) is 0.429. The van der Waals surface area contributed by atoms with Crippen LogP contribution in [0, 0.1) is 0 Å². The Morgan fingerprint density at radius 1 is 0.882 bits per heavy atom. The van der Waals surface area contributed by atoms with E-state index in [-0.39, 0.29) is 0 Å². The van der Waals surface area contributed by atoms with Gasteiger partial charge in [-0.25, -0.2) is 19.4 Å². The van der Waals surface area contributed by atoms with Crippen LogP contribution in [0.3, 0.4) is 0 Å². The highest BCUT2D eigenvalue weighted by atomic mass is 17.2. The molecule has 0 fully saturated rings. The molecule has 0 rings (SSSR count). The Morgan fingerprint density at radius 2 is 1.29 bits per heavy atom. The number of carboxylic acid groups (broad SMARTS) is 3. The average Bonchev–Trinajstić information content (AvgIpc) is 2.10. The van der Waals surface area contributed by atoms with Crippen LogP contribution in [0.25, 0.3) is 0 Å². The second kappa shape index (κ2) is 5.65. The van der Waals surface area contributed by atoms with Crippen molar-refractivity contribution in [3.63, 3.8) is 0 Å². The minimum Gasteiger partial charge on any atom is -0.481 e. The highest BCUT2D eigenvalue weighted by Crippen LogP contribution is 2.18. The highest BCUT2D eigenvalue weighted by Gasteiger charge is 2.44. The fourth-order valence-electron chi connectivity index (χ4n) is 0.858. The Labute approximate surface area is 92.9 Å². The molecular weight excluding hydrogens is 244 g/mol. The molecule has 0 aliphatic carbocycles. The first-order chi connectivity index (χ1) is 7.67. The smallest absolute Gasteiger partial charge is 0.481 e. The van der Waals surface area contributed by atoms with Gasteiger partial charge in [0.05, 0.1) is 12.8 Å². The predicted octanol–water partition coefficient (Wildman–Crippen LogP) is -1.18. The number of carboxylic acids is 2. The molecule has 0 saturated carbocycles. The lowest BCUT2D eigenvalue weighted by molar-refractivity contribution is -0.257. The van der Waals surface area contributed by atoms with Crippen LogP contribution in [-0.4, -0.2) is 50.1 Å². The first-order valence-corrected chi connectivity index (χ1v) is 3.95. The predicted molar refractivity (Wildman–Crippen MR) is 44.7 cm³/mol. The van der Waals surface area contributed by atoms with E-state index in [1.165, 1.54) is 0 Å². The molecular formula is C7H8O10. The summed E-state index contributed by atoms with van der Waals surface area (Å²) in [6.07, 6.45) is -4.58. The van der Waals surface area contributed by atoms with Crippen molar-refractivity contribution >= 4 is 24.1 Å². The van der Waals surface area contributed by atoms with Gasteiger partial charge in [0, 0.05) is 0 Å². The maximum atomic E-state index is 11.1. The molecule has 0 heterocycles. The van der Waals surface area contributed by atoms with Crippen LogP contribution < -0.4 is 0 Å². The molecule has 0 spiro atoms. The number of aliphatic carboxylic acids is 2.